The predicted octanol–water partition coefficient (Wildman–Crippen LogP) is 4.07. The van der Waals surface area contributed by atoms with Crippen LogP contribution in [0.3, 0.4) is 0 Å². The molecular weight excluding hydrogens is 400 g/mol. The smallest absolute Gasteiger partial charge is 0.261 e. The number of aryl methyl sites for hydroxylation is 1. The van der Waals surface area contributed by atoms with E-state index in [1.807, 2.05) is 41.9 Å². The summed E-state index contributed by atoms with van der Waals surface area (Å²) < 4.78 is 30.0. The molecule has 30 heavy (non-hydrogen) atoms. The van der Waals surface area contributed by atoms with Gasteiger partial charge in [0.15, 0.2) is 0 Å². The molecule has 0 fully saturated rings. The Morgan fingerprint density at radius 1 is 1.00 bits per heavy atom. The Morgan fingerprint density at radius 3 is 2.50 bits per heavy atom. The lowest BCUT2D eigenvalue weighted by molar-refractivity contribution is -0.114. The van der Waals surface area contributed by atoms with E-state index < -0.39 is 10.0 Å². The van der Waals surface area contributed by atoms with Crippen LogP contribution in [0.1, 0.15) is 12.5 Å². The molecule has 0 radical (unpaired) electrons. The summed E-state index contributed by atoms with van der Waals surface area (Å²) in [4.78, 5) is 15.8. The van der Waals surface area contributed by atoms with E-state index in [-0.39, 0.29) is 10.8 Å². The summed E-state index contributed by atoms with van der Waals surface area (Å²) in [6, 6.07) is 17.1. The number of hydrogen-bond acceptors (Lipinski definition) is 4. The van der Waals surface area contributed by atoms with Crippen LogP contribution in [-0.2, 0) is 14.8 Å². The number of sulfonamides is 1. The van der Waals surface area contributed by atoms with Gasteiger partial charge in [0.2, 0.25) is 5.91 Å². The van der Waals surface area contributed by atoms with Gasteiger partial charge >= 0.3 is 0 Å². The van der Waals surface area contributed by atoms with Crippen molar-refractivity contribution in [1.82, 2.24) is 9.38 Å². The molecule has 0 bridgehead atoms. The van der Waals surface area contributed by atoms with Crippen molar-refractivity contribution in [2.75, 3.05) is 10.0 Å². The fraction of sp³-hybridized carbons (Fsp3) is 0.0909. The minimum absolute atomic E-state index is 0.102. The zero-order chi connectivity index (χ0) is 21.3. The molecule has 0 aliphatic rings. The highest BCUT2D eigenvalue weighted by atomic mass is 32.2. The molecule has 0 spiro atoms. The maximum absolute atomic E-state index is 12.7. The average molecular weight is 420 g/mol. The first kappa shape index (κ1) is 19.7. The topological polar surface area (TPSA) is 92.6 Å². The van der Waals surface area contributed by atoms with Crippen LogP contribution in [-0.4, -0.2) is 23.7 Å². The molecule has 0 aliphatic heterocycles. The molecule has 7 nitrogen and oxygen atoms in total. The zero-order valence-corrected chi connectivity index (χ0v) is 17.3. The quantitative estimate of drug-likeness (QED) is 0.509. The van der Waals surface area contributed by atoms with E-state index in [1.54, 1.807) is 30.3 Å². The summed E-state index contributed by atoms with van der Waals surface area (Å²) in [5.74, 6) is -0.220. The monoisotopic (exact) mass is 420 g/mol. The number of aromatic nitrogens is 2. The third kappa shape index (κ3) is 4.18. The van der Waals surface area contributed by atoms with Crippen molar-refractivity contribution < 1.29 is 13.2 Å². The number of imidazole rings is 1. The van der Waals surface area contributed by atoms with Crippen LogP contribution in [0, 0.1) is 6.92 Å². The summed E-state index contributed by atoms with van der Waals surface area (Å²) in [6.07, 6.45) is 3.85. The number of rotatable bonds is 5. The van der Waals surface area contributed by atoms with Crippen molar-refractivity contribution in [2.45, 2.75) is 18.7 Å². The van der Waals surface area contributed by atoms with Gasteiger partial charge in [-0.1, -0.05) is 12.1 Å². The van der Waals surface area contributed by atoms with Crippen LogP contribution >= 0.6 is 0 Å². The molecule has 4 rings (SSSR count). The molecule has 0 unspecified atom stereocenters. The summed E-state index contributed by atoms with van der Waals surface area (Å²) in [6.45, 7) is 3.40. The van der Waals surface area contributed by atoms with Gasteiger partial charge in [-0.3, -0.25) is 9.52 Å². The molecule has 1 amide bonds. The van der Waals surface area contributed by atoms with Gasteiger partial charge in [-0.05, 0) is 61.0 Å². The maximum Gasteiger partial charge on any atom is 0.261 e. The van der Waals surface area contributed by atoms with Crippen LogP contribution in [0.2, 0.25) is 0 Å². The SMILES string of the molecule is CC(=O)Nc1ccc(S(=O)(=O)Nc2cccc(-c3cn4ccc(C)cc4n3)c2)cc1. The number of nitrogens with zero attached hydrogens (tertiary/aromatic N) is 2. The van der Waals surface area contributed by atoms with Gasteiger partial charge in [0.05, 0.1) is 10.6 Å². The molecule has 2 aromatic carbocycles. The second kappa shape index (κ2) is 7.64. The molecule has 4 aromatic rings. The van der Waals surface area contributed by atoms with Crippen LogP contribution < -0.4 is 10.0 Å². The number of benzene rings is 2. The predicted molar refractivity (Wildman–Crippen MR) is 117 cm³/mol. The van der Waals surface area contributed by atoms with Crippen LogP contribution in [0.4, 0.5) is 11.4 Å². The highest BCUT2D eigenvalue weighted by molar-refractivity contribution is 7.92. The molecule has 2 aromatic heterocycles. The van der Waals surface area contributed by atoms with E-state index in [2.05, 4.69) is 15.0 Å². The fourth-order valence-corrected chi connectivity index (χ4v) is 4.15. The summed E-state index contributed by atoms with van der Waals surface area (Å²) in [5, 5.41) is 2.61. The molecule has 2 heterocycles. The van der Waals surface area contributed by atoms with E-state index in [0.717, 1.165) is 22.5 Å². The molecule has 2 N–H and O–H groups in total. The number of carbonyl (C=O) groups excluding carboxylic acids is 1. The van der Waals surface area contributed by atoms with Gasteiger partial charge in [0, 0.05) is 36.3 Å². The minimum atomic E-state index is -3.78. The summed E-state index contributed by atoms with van der Waals surface area (Å²) in [5.41, 5.74) is 4.47. The van der Waals surface area contributed by atoms with Gasteiger partial charge in [-0.15, -0.1) is 0 Å². The van der Waals surface area contributed by atoms with Crippen LogP contribution in [0.15, 0.2) is 78.0 Å². The molecule has 0 aliphatic carbocycles. The second-order valence-corrected chi connectivity index (χ2v) is 8.67. The van der Waals surface area contributed by atoms with Crippen molar-refractivity contribution in [3.05, 3.63) is 78.6 Å². The van der Waals surface area contributed by atoms with E-state index in [1.165, 1.54) is 19.1 Å². The minimum Gasteiger partial charge on any atom is -0.326 e. The Kier molecular flexibility index (Phi) is 5.01. The second-order valence-electron chi connectivity index (χ2n) is 6.99. The first-order chi connectivity index (χ1) is 14.3. The number of fused-ring (bicyclic) bond motifs is 1. The van der Waals surface area contributed by atoms with Crippen LogP contribution in [0.5, 0.6) is 0 Å². The highest BCUT2D eigenvalue weighted by Crippen LogP contribution is 2.25. The molecule has 0 saturated carbocycles. The van der Waals surface area contributed by atoms with Crippen molar-refractivity contribution in [3.8, 4) is 11.3 Å². The van der Waals surface area contributed by atoms with Gasteiger partial charge < -0.3 is 9.72 Å². The summed E-state index contributed by atoms with van der Waals surface area (Å²) >= 11 is 0. The molecule has 8 heteroatoms. The van der Waals surface area contributed by atoms with E-state index in [0.29, 0.717) is 11.4 Å². The van der Waals surface area contributed by atoms with Crippen molar-refractivity contribution >= 4 is 33.0 Å². The number of nitrogens with one attached hydrogen (secondary N) is 2. The lowest BCUT2D eigenvalue weighted by atomic mass is 10.1. The largest absolute Gasteiger partial charge is 0.326 e. The van der Waals surface area contributed by atoms with Crippen molar-refractivity contribution in [2.24, 2.45) is 0 Å². The van der Waals surface area contributed by atoms with E-state index in [9.17, 15) is 13.2 Å². The van der Waals surface area contributed by atoms with E-state index >= 15 is 0 Å². The molecular formula is C22H20N4O3S. The molecule has 152 valence electrons. The Labute approximate surface area is 174 Å². The number of carbonyl (C=O) groups is 1. The number of anilines is 2. The first-order valence-corrected chi connectivity index (χ1v) is 10.7. The normalized spacial score (nSPS) is 11.4. The van der Waals surface area contributed by atoms with Gasteiger partial charge in [-0.2, -0.15) is 0 Å². The number of amides is 1. The zero-order valence-electron chi connectivity index (χ0n) is 16.5. The Balaban J connectivity index is 1.59. The Morgan fingerprint density at radius 2 is 1.77 bits per heavy atom. The van der Waals surface area contributed by atoms with Crippen molar-refractivity contribution in [3.63, 3.8) is 0 Å². The standard InChI is InChI=1S/C22H20N4O3S/c1-15-10-11-26-14-21(24-22(26)12-15)17-4-3-5-19(13-17)25-30(28,29)20-8-6-18(7-9-20)23-16(2)27/h3-14,25H,1-2H3,(H,23,27). The number of hydrogen-bond donors (Lipinski definition) is 2. The average Bonchev–Trinajstić information content (AvgIpc) is 3.11. The van der Waals surface area contributed by atoms with Gasteiger partial charge in [0.1, 0.15) is 5.65 Å². The van der Waals surface area contributed by atoms with Crippen LogP contribution in [0.25, 0.3) is 16.9 Å². The lowest BCUT2D eigenvalue weighted by Gasteiger charge is -2.10. The third-order valence-corrected chi connectivity index (χ3v) is 5.91. The van der Waals surface area contributed by atoms with Crippen molar-refractivity contribution in [1.29, 1.82) is 0 Å². The number of pyridine rings is 1. The maximum atomic E-state index is 12.7. The Hall–Kier alpha value is -3.65. The Bertz CT molecular complexity index is 1340. The van der Waals surface area contributed by atoms with Gasteiger partial charge in [0.25, 0.3) is 10.0 Å². The molecule has 0 saturated heterocycles. The fourth-order valence-electron chi connectivity index (χ4n) is 3.10. The van der Waals surface area contributed by atoms with E-state index in [4.69, 9.17) is 0 Å². The summed E-state index contributed by atoms with van der Waals surface area (Å²) in [7, 11) is -3.78. The van der Waals surface area contributed by atoms with Gasteiger partial charge in [-0.25, -0.2) is 13.4 Å². The lowest BCUT2D eigenvalue weighted by Crippen LogP contribution is -2.13. The highest BCUT2D eigenvalue weighted by Gasteiger charge is 2.15. The first-order valence-electron chi connectivity index (χ1n) is 9.26. The third-order valence-electron chi connectivity index (χ3n) is 4.51. The molecule has 0 atom stereocenters.